The van der Waals surface area contributed by atoms with Gasteiger partial charge in [-0.05, 0) is 59.0 Å². The molecule has 0 N–H and O–H groups in total. The number of rotatable bonds is 10. The third-order valence-electron chi connectivity index (χ3n) is 5.62. The Morgan fingerprint density at radius 3 is 1.30 bits per heavy atom. The molecule has 0 spiro atoms. The van der Waals surface area contributed by atoms with Crippen LogP contribution in [0, 0.1) is 0 Å². The predicted octanol–water partition coefficient (Wildman–Crippen LogP) is 7.38. The van der Waals surface area contributed by atoms with Gasteiger partial charge in [-0.2, -0.15) is 0 Å². The smallest absolute Gasteiger partial charge is 0.119 e. The van der Waals surface area contributed by atoms with Crippen LogP contribution in [0.15, 0.2) is 115 Å². The zero-order chi connectivity index (χ0) is 22.7. The van der Waals surface area contributed by atoms with Crippen molar-refractivity contribution in [3.63, 3.8) is 0 Å². The molecule has 0 bridgehead atoms. The van der Waals surface area contributed by atoms with Crippen LogP contribution in [-0.4, -0.2) is 13.2 Å². The van der Waals surface area contributed by atoms with Gasteiger partial charge in [0.15, 0.2) is 0 Å². The summed E-state index contributed by atoms with van der Waals surface area (Å²) in [6, 6.07) is 37.5. The summed E-state index contributed by atoms with van der Waals surface area (Å²) in [7, 11) is 0. The topological polar surface area (TPSA) is 18.5 Å². The maximum atomic E-state index is 5.93. The first kappa shape index (κ1) is 22.4. The standard InChI is InChI=1S/C31H30O2/c1-2-31(27-13-17-29(18-14-27)32-23-21-25-9-5-3-6-10-25)28-15-19-30(20-16-28)33-24-22-26-11-7-4-8-12-26/h2-20H,21-24H2,1H3. The van der Waals surface area contributed by atoms with Gasteiger partial charge in [-0.1, -0.05) is 91.0 Å². The molecule has 0 aliphatic rings. The Morgan fingerprint density at radius 1 is 0.545 bits per heavy atom. The van der Waals surface area contributed by atoms with E-state index >= 15 is 0 Å². The SMILES string of the molecule is CC=C(c1ccc(OCCc2ccccc2)cc1)c1ccc(OCCc2ccccc2)cc1. The van der Waals surface area contributed by atoms with Crippen molar-refractivity contribution in [2.24, 2.45) is 0 Å². The molecule has 4 aromatic rings. The van der Waals surface area contributed by atoms with Crippen molar-refractivity contribution < 1.29 is 9.47 Å². The quantitative estimate of drug-likeness (QED) is 0.259. The molecule has 4 aromatic carbocycles. The Hall–Kier alpha value is -3.78. The lowest BCUT2D eigenvalue weighted by molar-refractivity contribution is 0.322. The second kappa shape index (κ2) is 11.7. The van der Waals surface area contributed by atoms with Crippen molar-refractivity contribution in [2.45, 2.75) is 19.8 Å². The largest absolute Gasteiger partial charge is 0.493 e. The molecule has 33 heavy (non-hydrogen) atoms. The van der Waals surface area contributed by atoms with E-state index in [0.717, 1.165) is 24.3 Å². The highest BCUT2D eigenvalue weighted by molar-refractivity contribution is 5.80. The van der Waals surface area contributed by atoms with Gasteiger partial charge in [-0.15, -0.1) is 0 Å². The number of benzene rings is 4. The van der Waals surface area contributed by atoms with Crippen molar-refractivity contribution >= 4 is 5.57 Å². The van der Waals surface area contributed by atoms with E-state index in [1.165, 1.54) is 27.8 Å². The summed E-state index contributed by atoms with van der Waals surface area (Å²) in [5, 5.41) is 0. The molecule has 0 aliphatic carbocycles. The molecule has 0 amide bonds. The third kappa shape index (κ3) is 6.60. The van der Waals surface area contributed by atoms with Crippen molar-refractivity contribution in [2.75, 3.05) is 13.2 Å². The number of hydrogen-bond acceptors (Lipinski definition) is 2. The molecule has 2 nitrogen and oxygen atoms in total. The van der Waals surface area contributed by atoms with Crippen LogP contribution in [0.5, 0.6) is 11.5 Å². The van der Waals surface area contributed by atoms with E-state index in [2.05, 4.69) is 85.8 Å². The van der Waals surface area contributed by atoms with E-state index in [0.29, 0.717) is 13.2 Å². The molecule has 0 radical (unpaired) electrons. The minimum Gasteiger partial charge on any atom is -0.493 e. The lowest BCUT2D eigenvalue weighted by atomic mass is 9.97. The Balaban J connectivity index is 1.31. The van der Waals surface area contributed by atoms with Crippen LogP contribution in [0.4, 0.5) is 0 Å². The Bertz CT molecular complexity index is 1040. The first-order valence-electron chi connectivity index (χ1n) is 11.5. The van der Waals surface area contributed by atoms with Gasteiger partial charge in [-0.3, -0.25) is 0 Å². The molecule has 0 fully saturated rings. The van der Waals surface area contributed by atoms with Gasteiger partial charge in [0.2, 0.25) is 0 Å². The van der Waals surface area contributed by atoms with E-state index in [1.54, 1.807) is 0 Å². The monoisotopic (exact) mass is 434 g/mol. The maximum absolute atomic E-state index is 5.93. The summed E-state index contributed by atoms with van der Waals surface area (Å²) in [5.41, 5.74) is 6.12. The number of hydrogen-bond donors (Lipinski definition) is 0. The third-order valence-corrected chi connectivity index (χ3v) is 5.62. The molecule has 0 aromatic heterocycles. The summed E-state index contributed by atoms with van der Waals surface area (Å²) in [6.07, 6.45) is 3.96. The molecule has 166 valence electrons. The second-order valence-electron chi connectivity index (χ2n) is 7.92. The predicted molar refractivity (Wildman–Crippen MR) is 137 cm³/mol. The second-order valence-corrected chi connectivity index (χ2v) is 7.92. The summed E-state index contributed by atoms with van der Waals surface area (Å²) >= 11 is 0. The number of ether oxygens (including phenoxy) is 2. The van der Waals surface area contributed by atoms with Gasteiger partial charge < -0.3 is 9.47 Å². The van der Waals surface area contributed by atoms with E-state index in [4.69, 9.17) is 9.47 Å². The van der Waals surface area contributed by atoms with Crippen LogP contribution in [-0.2, 0) is 12.8 Å². The van der Waals surface area contributed by atoms with E-state index in [-0.39, 0.29) is 0 Å². The summed E-state index contributed by atoms with van der Waals surface area (Å²) < 4.78 is 11.9. The average molecular weight is 435 g/mol. The number of allylic oxidation sites excluding steroid dienone is 1. The lowest BCUT2D eigenvalue weighted by Gasteiger charge is -2.12. The molecule has 0 unspecified atom stereocenters. The summed E-state index contributed by atoms with van der Waals surface area (Å²) in [4.78, 5) is 0. The Morgan fingerprint density at radius 2 is 0.939 bits per heavy atom. The van der Waals surface area contributed by atoms with Crippen LogP contribution in [0.2, 0.25) is 0 Å². The van der Waals surface area contributed by atoms with Crippen LogP contribution in [0.25, 0.3) is 5.57 Å². The molecule has 2 heteroatoms. The first-order valence-corrected chi connectivity index (χ1v) is 11.5. The molecular weight excluding hydrogens is 404 g/mol. The van der Waals surface area contributed by atoms with E-state index in [1.807, 2.05) is 36.4 Å². The zero-order valence-electron chi connectivity index (χ0n) is 19.1. The average Bonchev–Trinajstić information content (AvgIpc) is 2.88. The fraction of sp³-hybridized carbons (Fsp3) is 0.161. The molecule has 0 heterocycles. The highest BCUT2D eigenvalue weighted by atomic mass is 16.5. The van der Waals surface area contributed by atoms with Gasteiger partial charge in [-0.25, -0.2) is 0 Å². The molecule has 0 saturated heterocycles. The molecular formula is C31H30O2. The molecule has 0 saturated carbocycles. The van der Waals surface area contributed by atoms with Crippen LogP contribution < -0.4 is 9.47 Å². The highest BCUT2D eigenvalue weighted by Crippen LogP contribution is 2.27. The van der Waals surface area contributed by atoms with Crippen LogP contribution in [0.1, 0.15) is 29.2 Å². The Labute approximate surface area is 197 Å². The normalized spacial score (nSPS) is 10.5. The minimum atomic E-state index is 0.672. The molecule has 0 atom stereocenters. The van der Waals surface area contributed by atoms with Gasteiger partial charge in [0.25, 0.3) is 0 Å². The lowest BCUT2D eigenvalue weighted by Crippen LogP contribution is -2.01. The van der Waals surface area contributed by atoms with Crippen LogP contribution >= 0.6 is 0 Å². The van der Waals surface area contributed by atoms with Crippen molar-refractivity contribution in [1.82, 2.24) is 0 Å². The zero-order valence-corrected chi connectivity index (χ0v) is 19.1. The van der Waals surface area contributed by atoms with Crippen LogP contribution in [0.3, 0.4) is 0 Å². The van der Waals surface area contributed by atoms with Gasteiger partial charge in [0, 0.05) is 12.8 Å². The molecule has 4 rings (SSSR count). The van der Waals surface area contributed by atoms with Crippen molar-refractivity contribution in [3.8, 4) is 11.5 Å². The summed E-state index contributed by atoms with van der Waals surface area (Å²) in [6.45, 7) is 3.42. The maximum Gasteiger partial charge on any atom is 0.119 e. The van der Waals surface area contributed by atoms with Gasteiger partial charge in [0.1, 0.15) is 11.5 Å². The fourth-order valence-corrected chi connectivity index (χ4v) is 3.82. The van der Waals surface area contributed by atoms with E-state index < -0.39 is 0 Å². The minimum absolute atomic E-state index is 0.672. The first-order chi connectivity index (χ1) is 16.3. The van der Waals surface area contributed by atoms with Gasteiger partial charge >= 0.3 is 0 Å². The van der Waals surface area contributed by atoms with Crippen molar-refractivity contribution in [3.05, 3.63) is 138 Å². The molecule has 0 aliphatic heterocycles. The highest BCUT2D eigenvalue weighted by Gasteiger charge is 2.06. The summed E-state index contributed by atoms with van der Waals surface area (Å²) in [5.74, 6) is 1.79. The van der Waals surface area contributed by atoms with Gasteiger partial charge in [0.05, 0.1) is 13.2 Å². The van der Waals surface area contributed by atoms with E-state index in [9.17, 15) is 0 Å². The van der Waals surface area contributed by atoms with Crippen molar-refractivity contribution in [1.29, 1.82) is 0 Å². The Kier molecular flexibility index (Phi) is 7.97. The fourth-order valence-electron chi connectivity index (χ4n) is 3.82.